The third-order valence-corrected chi connectivity index (χ3v) is 5.88. The number of rotatable bonds is 6. The van der Waals surface area contributed by atoms with E-state index in [1.165, 1.54) is 16.2 Å². The van der Waals surface area contributed by atoms with Crippen molar-refractivity contribution in [1.29, 1.82) is 0 Å². The van der Waals surface area contributed by atoms with Crippen molar-refractivity contribution in [3.8, 4) is 5.75 Å². The SMILES string of the molecule is CCOc1ccc(C(=O)Nc2sc3c(c2C(=O)OC(C)C)CC[C@H](C)C3)cc1. The molecule has 1 amide bonds. The smallest absolute Gasteiger partial charge is 0.341 e. The molecule has 0 bridgehead atoms. The molecule has 6 heteroatoms. The third-order valence-electron chi connectivity index (χ3n) is 4.71. The molecule has 150 valence electrons. The van der Waals surface area contributed by atoms with Crippen LogP contribution in [0.1, 0.15) is 65.3 Å². The Kier molecular flexibility index (Phi) is 6.39. The maximum absolute atomic E-state index is 12.8. The number of benzene rings is 1. The van der Waals surface area contributed by atoms with Crippen molar-refractivity contribution in [3.63, 3.8) is 0 Å². The lowest BCUT2D eigenvalue weighted by Crippen LogP contribution is -2.18. The van der Waals surface area contributed by atoms with Gasteiger partial charge in [-0.1, -0.05) is 6.92 Å². The molecule has 0 radical (unpaired) electrons. The van der Waals surface area contributed by atoms with Crippen LogP contribution in [0.5, 0.6) is 5.75 Å². The van der Waals surface area contributed by atoms with Gasteiger partial charge in [-0.3, -0.25) is 4.79 Å². The molecule has 0 aliphatic heterocycles. The minimum absolute atomic E-state index is 0.208. The number of carbonyl (C=O) groups excluding carboxylic acids is 2. The molecular formula is C22H27NO4S. The first-order valence-corrected chi connectivity index (χ1v) is 10.6. The lowest BCUT2D eigenvalue weighted by atomic mass is 9.88. The molecule has 1 atom stereocenters. The Balaban J connectivity index is 1.87. The summed E-state index contributed by atoms with van der Waals surface area (Å²) in [6, 6.07) is 6.99. The number of fused-ring (bicyclic) bond motifs is 1. The minimum Gasteiger partial charge on any atom is -0.494 e. The lowest BCUT2D eigenvalue weighted by Gasteiger charge is -2.18. The minimum atomic E-state index is -0.357. The summed E-state index contributed by atoms with van der Waals surface area (Å²) in [6.45, 7) is 8.37. The third kappa shape index (κ3) is 4.55. The van der Waals surface area contributed by atoms with Crippen LogP contribution < -0.4 is 10.1 Å². The molecule has 28 heavy (non-hydrogen) atoms. The van der Waals surface area contributed by atoms with Crippen molar-refractivity contribution in [1.82, 2.24) is 0 Å². The van der Waals surface area contributed by atoms with Crippen LogP contribution in [0.15, 0.2) is 24.3 Å². The molecule has 1 aromatic heterocycles. The normalized spacial score (nSPS) is 15.8. The Morgan fingerprint density at radius 2 is 1.96 bits per heavy atom. The van der Waals surface area contributed by atoms with Crippen molar-refractivity contribution in [2.45, 2.75) is 53.1 Å². The van der Waals surface area contributed by atoms with Gasteiger partial charge < -0.3 is 14.8 Å². The predicted molar refractivity (Wildman–Crippen MR) is 112 cm³/mol. The Hall–Kier alpha value is -2.34. The number of carbonyl (C=O) groups is 2. The van der Waals surface area contributed by atoms with Crippen LogP contribution in [0, 0.1) is 5.92 Å². The monoisotopic (exact) mass is 401 g/mol. The van der Waals surface area contributed by atoms with Crippen LogP contribution in [-0.2, 0) is 17.6 Å². The van der Waals surface area contributed by atoms with Gasteiger partial charge in [0.1, 0.15) is 10.8 Å². The molecule has 1 heterocycles. The first kappa shape index (κ1) is 20.4. The molecule has 1 aliphatic carbocycles. The number of thiophene rings is 1. The second-order valence-electron chi connectivity index (χ2n) is 7.42. The number of anilines is 1. The van der Waals surface area contributed by atoms with E-state index in [2.05, 4.69) is 12.2 Å². The Morgan fingerprint density at radius 3 is 2.61 bits per heavy atom. The van der Waals surface area contributed by atoms with Gasteiger partial charge >= 0.3 is 5.97 Å². The van der Waals surface area contributed by atoms with Crippen molar-refractivity contribution in [2.75, 3.05) is 11.9 Å². The zero-order valence-electron chi connectivity index (χ0n) is 16.8. The molecule has 1 N–H and O–H groups in total. The number of hydrogen-bond acceptors (Lipinski definition) is 5. The van der Waals surface area contributed by atoms with Crippen LogP contribution in [0.2, 0.25) is 0 Å². The van der Waals surface area contributed by atoms with Gasteiger partial charge in [0.05, 0.1) is 18.3 Å². The van der Waals surface area contributed by atoms with E-state index in [9.17, 15) is 9.59 Å². The number of amides is 1. The number of esters is 1. The number of ether oxygens (including phenoxy) is 2. The molecule has 3 rings (SSSR count). The van der Waals surface area contributed by atoms with Crippen molar-refractivity contribution in [3.05, 3.63) is 45.8 Å². The van der Waals surface area contributed by atoms with Crippen molar-refractivity contribution >= 4 is 28.2 Å². The van der Waals surface area contributed by atoms with Crippen LogP contribution in [0.25, 0.3) is 0 Å². The number of nitrogens with one attached hydrogen (secondary N) is 1. The molecule has 0 spiro atoms. The average Bonchev–Trinajstić information content (AvgIpc) is 2.98. The second kappa shape index (κ2) is 8.78. The summed E-state index contributed by atoms with van der Waals surface area (Å²) < 4.78 is 10.9. The van der Waals surface area contributed by atoms with E-state index in [0.717, 1.165) is 30.6 Å². The van der Waals surface area contributed by atoms with Gasteiger partial charge in [-0.2, -0.15) is 0 Å². The number of hydrogen-bond donors (Lipinski definition) is 1. The highest BCUT2D eigenvalue weighted by Gasteiger charge is 2.29. The first-order chi connectivity index (χ1) is 13.4. The van der Waals surface area contributed by atoms with Crippen LogP contribution >= 0.6 is 11.3 Å². The van der Waals surface area contributed by atoms with E-state index in [1.807, 2.05) is 20.8 Å². The van der Waals surface area contributed by atoms with E-state index in [1.54, 1.807) is 24.3 Å². The molecule has 1 aliphatic rings. The Labute approximate surface area is 170 Å². The van der Waals surface area contributed by atoms with Gasteiger partial charge in [0, 0.05) is 10.4 Å². The topological polar surface area (TPSA) is 64.6 Å². The fraction of sp³-hybridized carbons (Fsp3) is 0.455. The molecule has 0 unspecified atom stereocenters. The molecule has 0 saturated carbocycles. The van der Waals surface area contributed by atoms with Gasteiger partial charge in [-0.25, -0.2) is 4.79 Å². The average molecular weight is 402 g/mol. The molecule has 2 aromatic rings. The van der Waals surface area contributed by atoms with E-state index >= 15 is 0 Å². The lowest BCUT2D eigenvalue weighted by molar-refractivity contribution is 0.0378. The zero-order chi connectivity index (χ0) is 20.3. The van der Waals surface area contributed by atoms with Gasteiger partial charge in [-0.15, -0.1) is 11.3 Å². The second-order valence-corrected chi connectivity index (χ2v) is 8.53. The first-order valence-electron chi connectivity index (χ1n) is 9.78. The molecule has 0 fully saturated rings. The predicted octanol–water partition coefficient (Wildman–Crippen LogP) is 5.09. The summed E-state index contributed by atoms with van der Waals surface area (Å²) in [7, 11) is 0. The van der Waals surface area contributed by atoms with Crippen LogP contribution in [0.3, 0.4) is 0 Å². The quantitative estimate of drug-likeness (QED) is 0.685. The van der Waals surface area contributed by atoms with Crippen molar-refractivity contribution in [2.24, 2.45) is 5.92 Å². The zero-order valence-corrected chi connectivity index (χ0v) is 17.7. The van der Waals surface area contributed by atoms with Crippen LogP contribution in [-0.4, -0.2) is 24.6 Å². The maximum atomic E-state index is 12.8. The fourth-order valence-electron chi connectivity index (χ4n) is 3.37. The summed E-state index contributed by atoms with van der Waals surface area (Å²) in [5, 5.41) is 3.53. The van der Waals surface area contributed by atoms with Gasteiger partial charge in [0.15, 0.2) is 0 Å². The highest BCUT2D eigenvalue weighted by molar-refractivity contribution is 7.17. The summed E-state index contributed by atoms with van der Waals surface area (Å²) in [4.78, 5) is 26.7. The maximum Gasteiger partial charge on any atom is 0.341 e. The summed E-state index contributed by atoms with van der Waals surface area (Å²) in [6.07, 6.45) is 2.60. The molecule has 5 nitrogen and oxygen atoms in total. The summed E-state index contributed by atoms with van der Waals surface area (Å²) in [5.41, 5.74) is 2.09. The largest absolute Gasteiger partial charge is 0.494 e. The van der Waals surface area contributed by atoms with Crippen LogP contribution in [0.4, 0.5) is 5.00 Å². The van der Waals surface area contributed by atoms with Gasteiger partial charge in [0.2, 0.25) is 0 Å². The van der Waals surface area contributed by atoms with E-state index < -0.39 is 0 Å². The van der Waals surface area contributed by atoms with E-state index in [0.29, 0.717) is 28.7 Å². The molecule has 1 aromatic carbocycles. The van der Waals surface area contributed by atoms with E-state index in [-0.39, 0.29) is 18.0 Å². The van der Waals surface area contributed by atoms with E-state index in [4.69, 9.17) is 9.47 Å². The molecular weight excluding hydrogens is 374 g/mol. The highest BCUT2D eigenvalue weighted by Crippen LogP contribution is 2.40. The summed E-state index contributed by atoms with van der Waals surface area (Å²) in [5.74, 6) is 0.702. The van der Waals surface area contributed by atoms with Gasteiger partial charge in [0.25, 0.3) is 5.91 Å². The molecule has 0 saturated heterocycles. The van der Waals surface area contributed by atoms with Crippen molar-refractivity contribution < 1.29 is 19.1 Å². The van der Waals surface area contributed by atoms with Gasteiger partial charge in [-0.05, 0) is 75.8 Å². The Bertz CT molecular complexity index is 854. The highest BCUT2D eigenvalue weighted by atomic mass is 32.1. The fourth-order valence-corrected chi connectivity index (χ4v) is 4.77. The standard InChI is InChI=1S/C22H27NO4S/c1-5-26-16-9-7-15(8-10-16)20(24)23-21-19(22(25)27-13(2)3)17-11-6-14(4)12-18(17)28-21/h7-10,13-14H,5-6,11-12H2,1-4H3,(H,23,24)/t14-/m0/s1. The summed E-state index contributed by atoms with van der Waals surface area (Å²) >= 11 is 1.50. The Morgan fingerprint density at radius 1 is 1.25 bits per heavy atom.